The number of carbonyl (C=O) groups is 3. The Morgan fingerprint density at radius 1 is 0.817 bits per heavy atom. The van der Waals surface area contributed by atoms with Gasteiger partial charge in [-0.05, 0) is 64.1 Å². The number of alkyl halides is 2. The van der Waals surface area contributed by atoms with Gasteiger partial charge in [-0.25, -0.2) is 14.3 Å². The minimum absolute atomic E-state index is 0.0151. The Balaban J connectivity index is 0.899. The summed E-state index contributed by atoms with van der Waals surface area (Å²) in [6.07, 6.45) is 2.79. The molecule has 1 aromatic heterocycles. The molecule has 10 rings (SSSR count). The van der Waals surface area contributed by atoms with E-state index >= 15 is 0 Å². The number of nitrogens with zero attached hydrogens (tertiary/aromatic N) is 4. The van der Waals surface area contributed by atoms with E-state index in [1.165, 1.54) is 4.90 Å². The maximum atomic E-state index is 14.9. The number of pyridine rings is 1. The first-order chi connectivity index (χ1) is 28.8. The van der Waals surface area contributed by atoms with Crippen LogP contribution in [0.5, 0.6) is 11.5 Å². The molecular formula is C43H39Cl2N4O8PS2. The van der Waals surface area contributed by atoms with Gasteiger partial charge in [-0.15, -0.1) is 23.2 Å². The van der Waals surface area contributed by atoms with Crippen LogP contribution in [0.4, 0.5) is 16.2 Å². The van der Waals surface area contributed by atoms with E-state index in [2.05, 4.69) is 4.98 Å². The Bertz CT molecular complexity index is 2690. The fourth-order valence-corrected chi connectivity index (χ4v) is 13.4. The van der Waals surface area contributed by atoms with Crippen LogP contribution in [0.1, 0.15) is 42.2 Å². The van der Waals surface area contributed by atoms with Crippen LogP contribution in [-0.2, 0) is 14.2 Å². The maximum Gasteiger partial charge on any atom is 0.524 e. The van der Waals surface area contributed by atoms with Gasteiger partial charge in [-0.3, -0.25) is 19.4 Å². The molecule has 2 aliphatic heterocycles. The van der Waals surface area contributed by atoms with Crippen molar-refractivity contribution in [2.45, 2.75) is 36.1 Å². The van der Waals surface area contributed by atoms with Crippen LogP contribution in [0.15, 0.2) is 90.1 Å². The number of amides is 3. The summed E-state index contributed by atoms with van der Waals surface area (Å²) in [5.74, 6) is 1.01. The molecule has 5 aliphatic rings. The van der Waals surface area contributed by atoms with Crippen LogP contribution in [0.3, 0.4) is 0 Å². The molecular weight excluding hydrogens is 867 g/mol. The molecule has 60 heavy (non-hydrogen) atoms. The third kappa shape index (κ3) is 6.07. The highest BCUT2D eigenvalue weighted by Gasteiger charge is 3.01. The van der Waals surface area contributed by atoms with Crippen LogP contribution >= 0.6 is 52.6 Å². The smallest absolute Gasteiger partial charge is 0.409 e. The SMILES string of the molecule is CN(CCSSc1ccccn1)C(=O)Oc1cc2c(c3ccccc13)C(CCl)CN2C(=O)C12CC3(C(=O)N4CC(CCl)c5c4cc(OP(=O)(O)O)c4ccccc54)CC13C2. The average molecular weight is 906 g/mol. The zero-order valence-corrected chi connectivity index (χ0v) is 36.3. The predicted molar refractivity (Wildman–Crippen MR) is 235 cm³/mol. The van der Waals surface area contributed by atoms with Crippen molar-refractivity contribution in [1.82, 2.24) is 9.88 Å². The van der Waals surface area contributed by atoms with E-state index in [-0.39, 0.29) is 41.2 Å². The number of hydrogen-bond acceptors (Lipinski definition) is 9. The molecule has 5 aromatic rings. The van der Waals surface area contributed by atoms with E-state index < -0.39 is 30.2 Å². The number of phosphoric acid groups is 1. The number of benzene rings is 4. The van der Waals surface area contributed by atoms with Crippen molar-refractivity contribution in [3.8, 4) is 11.5 Å². The molecule has 1 spiro atoms. The van der Waals surface area contributed by atoms with Gasteiger partial charge in [0.05, 0.1) is 22.2 Å². The van der Waals surface area contributed by atoms with Crippen LogP contribution < -0.4 is 19.1 Å². The largest absolute Gasteiger partial charge is 0.524 e. The van der Waals surface area contributed by atoms with Crippen molar-refractivity contribution >= 4 is 103 Å². The third-order valence-corrected chi connectivity index (χ3v) is 16.8. The topological polar surface area (TPSA) is 150 Å². The summed E-state index contributed by atoms with van der Waals surface area (Å²) < 4.78 is 23.3. The van der Waals surface area contributed by atoms with Crippen LogP contribution in [0.2, 0.25) is 0 Å². The molecule has 0 bridgehead atoms. The minimum Gasteiger partial charge on any atom is -0.409 e. The van der Waals surface area contributed by atoms with Crippen molar-refractivity contribution < 1.29 is 38.0 Å². The van der Waals surface area contributed by atoms with Crippen molar-refractivity contribution in [3.05, 3.63) is 96.2 Å². The molecule has 3 fully saturated rings. The minimum atomic E-state index is -4.92. The van der Waals surface area contributed by atoms with E-state index in [1.54, 1.807) is 68.9 Å². The lowest BCUT2D eigenvalue weighted by atomic mass is 9.72. The Morgan fingerprint density at radius 3 is 1.87 bits per heavy atom. The highest BCUT2D eigenvalue weighted by atomic mass is 35.5. The maximum absolute atomic E-state index is 14.9. The summed E-state index contributed by atoms with van der Waals surface area (Å²) in [6, 6.07) is 23.9. The van der Waals surface area contributed by atoms with Gasteiger partial charge >= 0.3 is 13.9 Å². The Hall–Kier alpha value is -4.01. The zero-order chi connectivity index (χ0) is 41.8. The fraction of sp³-hybridized carbons (Fsp3) is 0.349. The summed E-state index contributed by atoms with van der Waals surface area (Å²) in [6.45, 7) is 1.13. The molecule has 3 amide bonds. The molecule has 17 heteroatoms. The van der Waals surface area contributed by atoms with Crippen molar-refractivity contribution in [3.63, 3.8) is 0 Å². The Kier molecular flexibility index (Phi) is 9.72. The van der Waals surface area contributed by atoms with Gasteiger partial charge in [0, 0.05) is 90.5 Å². The number of hydrogen-bond donors (Lipinski definition) is 2. The summed E-state index contributed by atoms with van der Waals surface area (Å²) in [4.78, 5) is 72.0. The molecule has 3 saturated carbocycles. The molecule has 2 N–H and O–H groups in total. The summed E-state index contributed by atoms with van der Waals surface area (Å²) in [5, 5.41) is 3.75. The lowest BCUT2D eigenvalue weighted by Crippen LogP contribution is -2.49. The fourth-order valence-electron chi connectivity index (χ4n) is 10.6. The third-order valence-electron chi connectivity index (χ3n) is 13.3. The first-order valence-electron chi connectivity index (χ1n) is 19.6. The predicted octanol–water partition coefficient (Wildman–Crippen LogP) is 8.94. The summed E-state index contributed by atoms with van der Waals surface area (Å²) >= 11 is 13.1. The molecule has 310 valence electrons. The van der Waals surface area contributed by atoms with E-state index in [9.17, 15) is 28.7 Å². The second kappa shape index (κ2) is 14.5. The van der Waals surface area contributed by atoms with E-state index in [4.69, 9.17) is 32.5 Å². The Labute approximate surface area is 363 Å². The van der Waals surface area contributed by atoms with Crippen molar-refractivity contribution in [2.24, 2.45) is 16.2 Å². The quantitative estimate of drug-likeness (QED) is 0.0535. The van der Waals surface area contributed by atoms with Crippen molar-refractivity contribution in [1.29, 1.82) is 0 Å². The number of halogens is 2. The molecule has 3 heterocycles. The lowest BCUT2D eigenvalue weighted by Gasteiger charge is -2.37. The van der Waals surface area contributed by atoms with Gasteiger partial charge in [0.15, 0.2) is 0 Å². The van der Waals surface area contributed by atoms with Crippen molar-refractivity contribution in [2.75, 3.05) is 54.0 Å². The number of carbonyl (C=O) groups excluding carboxylic acids is 3. The normalized spacial score (nSPS) is 25.6. The number of rotatable bonds is 12. The van der Waals surface area contributed by atoms with Gasteiger partial charge in [-0.1, -0.05) is 65.4 Å². The monoisotopic (exact) mass is 904 g/mol. The van der Waals surface area contributed by atoms with E-state index in [0.29, 0.717) is 72.5 Å². The molecule has 5 atom stereocenters. The number of fused-ring (bicyclic) bond motifs is 6. The van der Waals surface area contributed by atoms with Crippen LogP contribution in [0, 0.1) is 16.2 Å². The standard InChI is InChI=1S/C43H39Cl2N4O8PS2/c1-47(14-15-59-60-35-12-6-7-13-46-35)40(52)56-33-16-31-36(29-10-4-2-8-27(29)33)25(18-44)20-48(31)38(50)41-22-42(24-43(41,42)23-41)39(51)49-21-26(19-45)37-30-11-5-3-9-28(30)34(17-32(37)49)57-58(53,54)55/h2-13,16-17,25-26H,14-15,18-24H2,1H3,(H2,53,54,55). The summed E-state index contributed by atoms with van der Waals surface area (Å²) in [5.41, 5.74) is 1.06. The van der Waals surface area contributed by atoms with Gasteiger partial charge in [0.1, 0.15) is 16.5 Å². The molecule has 5 unspecified atom stereocenters. The highest BCUT2D eigenvalue weighted by molar-refractivity contribution is 8.76. The number of ether oxygens (including phenoxy) is 1. The second-order valence-corrected chi connectivity index (χ2v) is 20.7. The second-order valence-electron chi connectivity index (χ2n) is 16.5. The summed E-state index contributed by atoms with van der Waals surface area (Å²) in [7, 11) is -0.0799. The lowest BCUT2D eigenvalue weighted by molar-refractivity contribution is -0.134. The van der Waals surface area contributed by atoms with Crippen LogP contribution in [0.25, 0.3) is 21.5 Å². The molecule has 0 radical (unpaired) electrons. The van der Waals surface area contributed by atoms with Gasteiger partial charge in [0.2, 0.25) is 11.8 Å². The first-order valence-corrected chi connectivity index (χ1v) is 24.5. The highest BCUT2D eigenvalue weighted by Crippen LogP contribution is 3.01. The van der Waals surface area contributed by atoms with E-state index in [0.717, 1.165) is 26.9 Å². The van der Waals surface area contributed by atoms with Gasteiger partial charge < -0.3 is 24.0 Å². The van der Waals surface area contributed by atoms with E-state index in [1.807, 2.05) is 54.6 Å². The Morgan fingerprint density at radius 2 is 1.35 bits per heavy atom. The van der Waals surface area contributed by atoms with Gasteiger partial charge in [0.25, 0.3) is 0 Å². The number of aromatic nitrogens is 1. The molecule has 3 aliphatic carbocycles. The molecule has 4 aromatic carbocycles. The first kappa shape index (κ1) is 40.1. The molecule has 0 saturated heterocycles. The average Bonchev–Trinajstić information content (AvgIpc) is 3.75. The van der Waals surface area contributed by atoms with Gasteiger partial charge in [-0.2, -0.15) is 0 Å². The molecule has 12 nitrogen and oxygen atoms in total. The van der Waals surface area contributed by atoms with Crippen LogP contribution in [-0.4, -0.2) is 81.8 Å². The number of phosphoric ester groups is 1. The number of anilines is 2. The zero-order valence-electron chi connectivity index (χ0n) is 32.3.